The Morgan fingerprint density at radius 1 is 1.14 bits per heavy atom. The van der Waals surface area contributed by atoms with Crippen LogP contribution in [-0.4, -0.2) is 17.9 Å². The molecule has 0 bridgehead atoms. The van der Waals surface area contributed by atoms with Crippen LogP contribution in [0.3, 0.4) is 0 Å². The first kappa shape index (κ1) is 20.2. The van der Waals surface area contributed by atoms with Crippen molar-refractivity contribution in [2.45, 2.75) is 71.3 Å². The number of carbonyl (C=O) groups excluding carboxylic acids is 2. The maximum Gasteiger partial charge on any atom is 0.337 e. The smallest absolute Gasteiger partial charge is 0.337 e. The quantitative estimate of drug-likeness (QED) is 0.671. The number of carbonyl (C=O) groups is 2. The molecule has 0 unspecified atom stereocenters. The minimum Gasteiger partial charge on any atom is -0.459 e. The molecule has 154 valence electrons. The minimum atomic E-state index is -0.416. The van der Waals surface area contributed by atoms with E-state index in [1.807, 2.05) is 31.2 Å². The second-order valence-corrected chi connectivity index (χ2v) is 9.73. The number of ketones is 1. The van der Waals surface area contributed by atoms with E-state index in [-0.39, 0.29) is 23.3 Å². The van der Waals surface area contributed by atoms with Crippen LogP contribution in [0.5, 0.6) is 0 Å². The normalized spacial score (nSPS) is 24.4. The lowest BCUT2D eigenvalue weighted by Gasteiger charge is -2.39. The largest absolute Gasteiger partial charge is 0.459 e. The number of rotatable bonds is 3. The van der Waals surface area contributed by atoms with Gasteiger partial charge in [-0.2, -0.15) is 0 Å². The zero-order valence-corrected chi connectivity index (χ0v) is 18.1. The molecule has 0 spiro atoms. The Kier molecular flexibility index (Phi) is 5.32. The van der Waals surface area contributed by atoms with E-state index >= 15 is 0 Å². The number of esters is 1. The van der Waals surface area contributed by atoms with Gasteiger partial charge in [0.05, 0.1) is 5.57 Å². The van der Waals surface area contributed by atoms with Crippen molar-refractivity contribution >= 4 is 23.4 Å². The van der Waals surface area contributed by atoms with Crippen molar-refractivity contribution in [1.29, 1.82) is 0 Å². The Bertz CT molecular complexity index is 905. The number of allylic oxidation sites excluding steroid dienone is 3. The SMILES string of the molecule is CC1=C(C(=O)OC2CCCC2)[C@@H](c2ccc(Cl)cc2)C2=C(CC(C)(C)CC2=O)N1. The van der Waals surface area contributed by atoms with Gasteiger partial charge in [0.2, 0.25) is 0 Å². The lowest BCUT2D eigenvalue weighted by atomic mass is 9.68. The Morgan fingerprint density at radius 2 is 1.79 bits per heavy atom. The number of nitrogens with one attached hydrogen (secondary N) is 1. The van der Waals surface area contributed by atoms with Gasteiger partial charge in [-0.15, -0.1) is 0 Å². The summed E-state index contributed by atoms with van der Waals surface area (Å²) in [6, 6.07) is 7.44. The van der Waals surface area contributed by atoms with Gasteiger partial charge in [0.15, 0.2) is 5.78 Å². The molecule has 4 nitrogen and oxygen atoms in total. The first-order valence-corrected chi connectivity index (χ1v) is 10.8. The fraction of sp³-hybridized carbons (Fsp3) is 0.500. The summed E-state index contributed by atoms with van der Waals surface area (Å²) < 4.78 is 5.86. The van der Waals surface area contributed by atoms with E-state index in [9.17, 15) is 9.59 Å². The van der Waals surface area contributed by atoms with Crippen molar-refractivity contribution < 1.29 is 14.3 Å². The molecule has 3 aliphatic rings. The highest BCUT2D eigenvalue weighted by atomic mass is 35.5. The van der Waals surface area contributed by atoms with E-state index < -0.39 is 5.92 Å². The van der Waals surface area contributed by atoms with E-state index in [4.69, 9.17) is 16.3 Å². The summed E-state index contributed by atoms with van der Waals surface area (Å²) in [4.78, 5) is 26.5. The van der Waals surface area contributed by atoms with Crippen LogP contribution < -0.4 is 5.32 Å². The molecule has 1 fully saturated rings. The summed E-state index contributed by atoms with van der Waals surface area (Å²) in [5, 5.41) is 4.01. The molecule has 4 rings (SSSR count). The molecule has 1 atom stereocenters. The molecule has 0 aromatic heterocycles. The fourth-order valence-corrected chi connectivity index (χ4v) is 5.04. The van der Waals surface area contributed by atoms with Crippen LogP contribution in [0, 0.1) is 5.41 Å². The number of Topliss-reactive ketones (excluding diaryl/α,β-unsaturated/α-hetero) is 1. The van der Waals surface area contributed by atoms with Crippen molar-refractivity contribution in [3.63, 3.8) is 0 Å². The van der Waals surface area contributed by atoms with Crippen LogP contribution >= 0.6 is 11.6 Å². The molecule has 2 aliphatic carbocycles. The molecule has 0 amide bonds. The van der Waals surface area contributed by atoms with E-state index in [0.29, 0.717) is 22.6 Å². The summed E-state index contributed by atoms with van der Waals surface area (Å²) in [5.41, 5.74) is 3.75. The van der Waals surface area contributed by atoms with Crippen LogP contribution in [0.1, 0.15) is 70.8 Å². The monoisotopic (exact) mass is 413 g/mol. The summed E-state index contributed by atoms with van der Waals surface area (Å²) in [6.45, 7) is 6.12. The average molecular weight is 414 g/mol. The molecule has 0 saturated heterocycles. The second kappa shape index (κ2) is 7.64. The first-order valence-electron chi connectivity index (χ1n) is 10.5. The van der Waals surface area contributed by atoms with Gasteiger partial charge in [0, 0.05) is 34.3 Å². The highest BCUT2D eigenvalue weighted by Gasteiger charge is 2.43. The third kappa shape index (κ3) is 4.00. The molecule has 0 radical (unpaired) electrons. The van der Waals surface area contributed by atoms with Crippen molar-refractivity contribution in [3.8, 4) is 0 Å². The number of dihydropyridines is 1. The fourth-order valence-electron chi connectivity index (χ4n) is 4.92. The Balaban J connectivity index is 1.78. The lowest BCUT2D eigenvalue weighted by Crippen LogP contribution is -2.39. The van der Waals surface area contributed by atoms with Gasteiger partial charge in [-0.3, -0.25) is 4.79 Å². The molecular weight excluding hydrogens is 386 g/mol. The number of benzene rings is 1. The van der Waals surface area contributed by atoms with E-state index in [2.05, 4.69) is 19.2 Å². The van der Waals surface area contributed by atoms with Crippen LogP contribution in [0.4, 0.5) is 0 Å². The Labute approximate surface area is 177 Å². The third-order valence-electron chi connectivity index (χ3n) is 6.24. The zero-order valence-electron chi connectivity index (χ0n) is 17.3. The van der Waals surface area contributed by atoms with Crippen molar-refractivity contribution in [2.75, 3.05) is 0 Å². The van der Waals surface area contributed by atoms with E-state index in [1.54, 1.807) is 0 Å². The maximum absolute atomic E-state index is 13.2. The number of ether oxygens (including phenoxy) is 1. The van der Waals surface area contributed by atoms with Gasteiger partial charge in [0.1, 0.15) is 6.10 Å². The van der Waals surface area contributed by atoms with Gasteiger partial charge in [-0.1, -0.05) is 37.6 Å². The first-order chi connectivity index (χ1) is 13.7. The van der Waals surface area contributed by atoms with Crippen LogP contribution in [-0.2, 0) is 14.3 Å². The molecule has 1 N–H and O–H groups in total. The molecule has 29 heavy (non-hydrogen) atoms. The number of halogens is 1. The summed E-state index contributed by atoms with van der Waals surface area (Å²) in [7, 11) is 0. The van der Waals surface area contributed by atoms with E-state index in [0.717, 1.165) is 49.1 Å². The molecular formula is C24H28ClNO3. The predicted octanol–water partition coefficient (Wildman–Crippen LogP) is 5.43. The van der Waals surface area contributed by atoms with Crippen LogP contribution in [0.2, 0.25) is 5.02 Å². The Hall–Kier alpha value is -2.07. The second-order valence-electron chi connectivity index (χ2n) is 9.29. The van der Waals surface area contributed by atoms with Crippen LogP contribution in [0.25, 0.3) is 0 Å². The topological polar surface area (TPSA) is 55.4 Å². The van der Waals surface area contributed by atoms with Gasteiger partial charge < -0.3 is 10.1 Å². The maximum atomic E-state index is 13.2. The average Bonchev–Trinajstić information content (AvgIpc) is 3.13. The molecule has 1 saturated carbocycles. The molecule has 1 aliphatic heterocycles. The predicted molar refractivity (Wildman–Crippen MR) is 113 cm³/mol. The van der Waals surface area contributed by atoms with Crippen LogP contribution in [0.15, 0.2) is 46.8 Å². The summed E-state index contributed by atoms with van der Waals surface area (Å²) >= 11 is 6.10. The van der Waals surface area contributed by atoms with Gasteiger partial charge >= 0.3 is 5.97 Å². The Morgan fingerprint density at radius 3 is 2.45 bits per heavy atom. The van der Waals surface area contributed by atoms with Crippen molar-refractivity contribution in [3.05, 3.63) is 57.4 Å². The highest BCUT2D eigenvalue weighted by molar-refractivity contribution is 6.30. The summed E-state index contributed by atoms with van der Waals surface area (Å²) in [6.07, 6.45) is 5.25. The minimum absolute atomic E-state index is 0.0231. The number of hydrogen-bond acceptors (Lipinski definition) is 4. The third-order valence-corrected chi connectivity index (χ3v) is 6.49. The molecule has 1 heterocycles. The highest BCUT2D eigenvalue weighted by Crippen LogP contribution is 2.47. The number of hydrogen-bond donors (Lipinski definition) is 1. The molecule has 1 aromatic rings. The standard InChI is InChI=1S/C24H28ClNO3/c1-14-20(23(28)29-17-6-4-5-7-17)21(15-8-10-16(25)11-9-15)22-18(26-14)12-24(2,3)13-19(22)27/h8-11,17,21,26H,4-7,12-13H2,1-3H3/t21-/m1/s1. The van der Waals surface area contributed by atoms with Crippen molar-refractivity contribution in [1.82, 2.24) is 5.32 Å². The van der Waals surface area contributed by atoms with Gasteiger partial charge in [-0.05, 0) is 62.1 Å². The van der Waals surface area contributed by atoms with E-state index in [1.165, 1.54) is 0 Å². The summed E-state index contributed by atoms with van der Waals surface area (Å²) in [5.74, 6) is -0.630. The van der Waals surface area contributed by atoms with Gasteiger partial charge in [0.25, 0.3) is 0 Å². The van der Waals surface area contributed by atoms with Gasteiger partial charge in [-0.25, -0.2) is 4.79 Å². The lowest BCUT2D eigenvalue weighted by molar-refractivity contribution is -0.144. The van der Waals surface area contributed by atoms with Crippen molar-refractivity contribution in [2.24, 2.45) is 5.41 Å². The molecule has 5 heteroatoms. The molecule has 1 aromatic carbocycles. The zero-order chi connectivity index (χ0) is 20.8.